The van der Waals surface area contributed by atoms with Crippen LogP contribution in [0, 0.1) is 10.1 Å². The number of H-pyrrole nitrogens is 1. The lowest BCUT2D eigenvalue weighted by Crippen LogP contribution is -2.13. The van der Waals surface area contributed by atoms with Gasteiger partial charge in [0, 0.05) is 17.5 Å². The Hall–Kier alpha value is -3.15. The van der Waals surface area contributed by atoms with Crippen LogP contribution in [-0.4, -0.2) is 14.3 Å². The predicted octanol–water partition coefficient (Wildman–Crippen LogP) is 2.84. The maximum absolute atomic E-state index is 12.6. The highest BCUT2D eigenvalue weighted by Gasteiger charge is 2.12. The Morgan fingerprint density at radius 1 is 1.10 bits per heavy atom. The number of non-ortho nitro benzene ring substituents is 1. The van der Waals surface area contributed by atoms with E-state index in [0.29, 0.717) is 21.9 Å². The van der Waals surface area contributed by atoms with Crippen molar-refractivity contribution in [2.45, 2.75) is 0 Å². The molecule has 2 aromatic carbocycles. The molecule has 0 spiro atoms. The van der Waals surface area contributed by atoms with E-state index in [1.165, 1.54) is 12.1 Å². The minimum Gasteiger partial charge on any atom is -0.341 e. The molecule has 21 heavy (non-hydrogen) atoms. The van der Waals surface area contributed by atoms with E-state index < -0.39 is 4.92 Å². The van der Waals surface area contributed by atoms with Crippen LogP contribution in [0.15, 0.2) is 53.3 Å². The summed E-state index contributed by atoms with van der Waals surface area (Å²) in [6.07, 6.45) is 0. The fourth-order valence-electron chi connectivity index (χ4n) is 2.66. The minimum atomic E-state index is -0.444. The minimum absolute atomic E-state index is 0.00964. The molecule has 2 heterocycles. The molecule has 0 radical (unpaired) electrons. The molecule has 4 rings (SSSR count). The average Bonchev–Trinajstić information content (AvgIpc) is 2.84. The Kier molecular flexibility index (Phi) is 2.18. The number of para-hydroxylation sites is 1. The van der Waals surface area contributed by atoms with Crippen LogP contribution >= 0.6 is 0 Å². The van der Waals surface area contributed by atoms with E-state index in [1.807, 2.05) is 12.1 Å². The van der Waals surface area contributed by atoms with Crippen LogP contribution in [0.4, 0.5) is 5.69 Å². The zero-order valence-electron chi connectivity index (χ0n) is 10.7. The van der Waals surface area contributed by atoms with Gasteiger partial charge in [0.05, 0.1) is 21.3 Å². The number of nitro groups is 1. The van der Waals surface area contributed by atoms with Crippen molar-refractivity contribution in [1.29, 1.82) is 0 Å². The molecule has 0 amide bonds. The van der Waals surface area contributed by atoms with Gasteiger partial charge in [0.25, 0.3) is 11.2 Å². The molecule has 2 aromatic heterocycles. The van der Waals surface area contributed by atoms with Crippen molar-refractivity contribution in [3.8, 4) is 0 Å². The van der Waals surface area contributed by atoms with Gasteiger partial charge in [0.2, 0.25) is 0 Å². The van der Waals surface area contributed by atoms with Gasteiger partial charge in [0.1, 0.15) is 5.65 Å². The summed E-state index contributed by atoms with van der Waals surface area (Å²) in [7, 11) is 0. The number of nitrogens with one attached hydrogen (secondary N) is 1. The summed E-state index contributed by atoms with van der Waals surface area (Å²) in [4.78, 5) is 26.2. The van der Waals surface area contributed by atoms with Crippen LogP contribution in [0.5, 0.6) is 0 Å². The molecule has 4 aromatic rings. The highest BCUT2D eigenvalue weighted by molar-refractivity contribution is 5.90. The normalized spacial score (nSPS) is 11.4. The summed E-state index contributed by atoms with van der Waals surface area (Å²) >= 11 is 0. The standard InChI is InChI=1S/C15H9N3O3/c19-15-11-3-1-2-4-12(11)16-14-8-9-7-10(18(20)21)5-6-13(9)17(14)15/h1-8,16H. The Balaban J connectivity index is 2.21. The first-order chi connectivity index (χ1) is 10.1. The van der Waals surface area contributed by atoms with E-state index >= 15 is 0 Å². The number of nitrogens with zero attached hydrogens (tertiary/aromatic N) is 2. The molecular weight excluding hydrogens is 270 g/mol. The largest absolute Gasteiger partial charge is 0.341 e. The van der Waals surface area contributed by atoms with E-state index in [2.05, 4.69) is 4.98 Å². The summed E-state index contributed by atoms with van der Waals surface area (Å²) in [6.45, 7) is 0. The van der Waals surface area contributed by atoms with Gasteiger partial charge < -0.3 is 4.98 Å². The zero-order chi connectivity index (χ0) is 14.6. The van der Waals surface area contributed by atoms with Gasteiger partial charge in [-0.15, -0.1) is 0 Å². The van der Waals surface area contributed by atoms with E-state index in [0.717, 1.165) is 5.52 Å². The number of rotatable bonds is 1. The maximum Gasteiger partial charge on any atom is 0.270 e. The molecule has 102 valence electrons. The van der Waals surface area contributed by atoms with Crippen molar-refractivity contribution in [1.82, 2.24) is 9.38 Å². The van der Waals surface area contributed by atoms with E-state index in [9.17, 15) is 14.9 Å². The van der Waals surface area contributed by atoms with Crippen molar-refractivity contribution >= 4 is 33.1 Å². The lowest BCUT2D eigenvalue weighted by atomic mass is 10.2. The lowest BCUT2D eigenvalue weighted by molar-refractivity contribution is -0.384. The fraction of sp³-hybridized carbons (Fsp3) is 0. The van der Waals surface area contributed by atoms with Crippen molar-refractivity contribution in [3.05, 3.63) is 69.0 Å². The molecule has 6 nitrogen and oxygen atoms in total. The molecule has 0 aliphatic rings. The lowest BCUT2D eigenvalue weighted by Gasteiger charge is -2.01. The van der Waals surface area contributed by atoms with E-state index in [4.69, 9.17) is 0 Å². The van der Waals surface area contributed by atoms with Crippen molar-refractivity contribution in [2.75, 3.05) is 0 Å². The van der Waals surface area contributed by atoms with Crippen molar-refractivity contribution < 1.29 is 4.92 Å². The molecule has 0 aliphatic heterocycles. The first kappa shape index (κ1) is 11.7. The molecule has 1 N–H and O–H groups in total. The molecule has 0 unspecified atom stereocenters. The SMILES string of the molecule is O=c1c2ccccc2[nH]c2cc3cc([N+](=O)[O-])ccc3n12. The Labute approximate surface area is 117 Å². The van der Waals surface area contributed by atoms with Gasteiger partial charge >= 0.3 is 0 Å². The van der Waals surface area contributed by atoms with Gasteiger partial charge in [-0.1, -0.05) is 12.1 Å². The second-order valence-electron chi connectivity index (χ2n) is 4.84. The molecule has 0 atom stereocenters. The summed E-state index contributed by atoms with van der Waals surface area (Å²) in [5, 5.41) is 12.1. The van der Waals surface area contributed by atoms with Crippen LogP contribution in [0.1, 0.15) is 0 Å². The molecule has 0 aliphatic carbocycles. The van der Waals surface area contributed by atoms with Gasteiger partial charge in [-0.25, -0.2) is 0 Å². The van der Waals surface area contributed by atoms with Gasteiger partial charge in [-0.05, 0) is 24.3 Å². The third-order valence-corrected chi connectivity index (χ3v) is 3.62. The predicted molar refractivity (Wildman–Crippen MR) is 79.7 cm³/mol. The highest BCUT2D eigenvalue weighted by Crippen LogP contribution is 2.23. The molecular formula is C15H9N3O3. The summed E-state index contributed by atoms with van der Waals surface area (Å²) in [5.41, 5.74) is 1.89. The topological polar surface area (TPSA) is 80.4 Å². The second kappa shape index (κ2) is 3.92. The smallest absolute Gasteiger partial charge is 0.270 e. The number of aromatic amines is 1. The number of hydrogen-bond acceptors (Lipinski definition) is 3. The fourth-order valence-corrected chi connectivity index (χ4v) is 2.66. The molecule has 0 bridgehead atoms. The number of fused-ring (bicyclic) bond motifs is 4. The quantitative estimate of drug-likeness (QED) is 0.429. The van der Waals surface area contributed by atoms with Gasteiger partial charge in [0.15, 0.2) is 0 Å². The third kappa shape index (κ3) is 1.56. The molecule has 6 heteroatoms. The summed E-state index contributed by atoms with van der Waals surface area (Å²) in [6, 6.07) is 13.5. The number of benzene rings is 2. The van der Waals surface area contributed by atoms with E-state index in [1.54, 1.807) is 28.7 Å². The average molecular weight is 279 g/mol. The van der Waals surface area contributed by atoms with Crippen LogP contribution in [0.2, 0.25) is 0 Å². The van der Waals surface area contributed by atoms with Crippen LogP contribution in [0.3, 0.4) is 0 Å². The van der Waals surface area contributed by atoms with Crippen molar-refractivity contribution in [2.24, 2.45) is 0 Å². The van der Waals surface area contributed by atoms with E-state index in [-0.39, 0.29) is 11.2 Å². The van der Waals surface area contributed by atoms with Crippen LogP contribution in [-0.2, 0) is 0 Å². The Bertz CT molecular complexity index is 1090. The zero-order valence-corrected chi connectivity index (χ0v) is 10.7. The molecule has 0 fully saturated rings. The van der Waals surface area contributed by atoms with Crippen LogP contribution < -0.4 is 5.56 Å². The van der Waals surface area contributed by atoms with Gasteiger partial charge in [-0.2, -0.15) is 0 Å². The molecule has 0 saturated carbocycles. The Morgan fingerprint density at radius 2 is 1.90 bits per heavy atom. The maximum atomic E-state index is 12.6. The monoisotopic (exact) mass is 279 g/mol. The Morgan fingerprint density at radius 3 is 2.71 bits per heavy atom. The highest BCUT2D eigenvalue weighted by atomic mass is 16.6. The van der Waals surface area contributed by atoms with Gasteiger partial charge in [-0.3, -0.25) is 19.3 Å². The number of hydrogen-bond donors (Lipinski definition) is 1. The first-order valence-electron chi connectivity index (χ1n) is 6.36. The number of nitro benzene ring substituents is 1. The van der Waals surface area contributed by atoms with Crippen molar-refractivity contribution in [3.63, 3.8) is 0 Å². The second-order valence-corrected chi connectivity index (χ2v) is 4.84. The first-order valence-corrected chi connectivity index (χ1v) is 6.36. The summed E-state index contributed by atoms with van der Waals surface area (Å²) < 4.78 is 1.54. The van der Waals surface area contributed by atoms with Crippen LogP contribution in [0.25, 0.3) is 27.5 Å². The summed E-state index contributed by atoms with van der Waals surface area (Å²) in [5.74, 6) is 0. The molecule has 0 saturated heterocycles. The third-order valence-electron chi connectivity index (χ3n) is 3.62. The number of aromatic nitrogens is 2.